The van der Waals surface area contributed by atoms with Crippen molar-refractivity contribution in [1.29, 1.82) is 0 Å². The number of rotatable bonds is 4. The van der Waals surface area contributed by atoms with Crippen LogP contribution in [0.1, 0.15) is 32.3 Å². The molecule has 0 saturated carbocycles. The van der Waals surface area contributed by atoms with E-state index in [1.54, 1.807) is 0 Å². The summed E-state index contributed by atoms with van der Waals surface area (Å²) in [5, 5.41) is 3.76. The SMILES string of the molecule is CCC1CNC(Cc2ccccc2)CN1C1(C)CCOC1. The van der Waals surface area contributed by atoms with Crippen molar-refractivity contribution in [3.8, 4) is 0 Å². The van der Waals surface area contributed by atoms with Gasteiger partial charge in [-0.1, -0.05) is 37.3 Å². The van der Waals surface area contributed by atoms with Crippen LogP contribution in [-0.2, 0) is 11.2 Å². The molecule has 2 aliphatic heterocycles. The van der Waals surface area contributed by atoms with E-state index in [2.05, 4.69) is 54.4 Å². The summed E-state index contributed by atoms with van der Waals surface area (Å²) in [6.07, 6.45) is 3.49. The van der Waals surface area contributed by atoms with Gasteiger partial charge in [-0.25, -0.2) is 0 Å². The van der Waals surface area contributed by atoms with Gasteiger partial charge in [0.1, 0.15) is 0 Å². The Morgan fingerprint density at radius 3 is 2.81 bits per heavy atom. The summed E-state index contributed by atoms with van der Waals surface area (Å²) in [7, 11) is 0. The minimum absolute atomic E-state index is 0.234. The largest absolute Gasteiger partial charge is 0.379 e. The second-order valence-electron chi connectivity index (χ2n) is 6.81. The maximum Gasteiger partial charge on any atom is 0.0648 e. The molecule has 0 radical (unpaired) electrons. The van der Waals surface area contributed by atoms with Gasteiger partial charge in [-0.15, -0.1) is 0 Å². The zero-order valence-electron chi connectivity index (χ0n) is 13.3. The van der Waals surface area contributed by atoms with E-state index in [4.69, 9.17) is 4.74 Å². The van der Waals surface area contributed by atoms with Gasteiger partial charge < -0.3 is 10.1 Å². The molecule has 0 amide bonds. The molecule has 2 saturated heterocycles. The van der Waals surface area contributed by atoms with Crippen LogP contribution < -0.4 is 5.32 Å². The highest BCUT2D eigenvalue weighted by atomic mass is 16.5. The maximum absolute atomic E-state index is 5.70. The first-order chi connectivity index (χ1) is 10.2. The number of nitrogens with one attached hydrogen (secondary N) is 1. The molecule has 1 aromatic carbocycles. The summed E-state index contributed by atoms with van der Waals surface area (Å²) in [6.45, 7) is 8.72. The van der Waals surface area contributed by atoms with Crippen LogP contribution in [0.4, 0.5) is 0 Å². The third kappa shape index (κ3) is 3.31. The van der Waals surface area contributed by atoms with Gasteiger partial charge in [-0.3, -0.25) is 4.90 Å². The highest BCUT2D eigenvalue weighted by Crippen LogP contribution is 2.30. The predicted octanol–water partition coefficient (Wildman–Crippen LogP) is 2.46. The average molecular weight is 288 g/mol. The fourth-order valence-corrected chi connectivity index (χ4v) is 3.81. The van der Waals surface area contributed by atoms with Crippen LogP contribution in [0.3, 0.4) is 0 Å². The molecule has 3 atom stereocenters. The molecule has 1 aromatic rings. The molecule has 0 spiro atoms. The lowest BCUT2D eigenvalue weighted by Gasteiger charge is -2.48. The van der Waals surface area contributed by atoms with Crippen molar-refractivity contribution < 1.29 is 4.74 Å². The number of benzene rings is 1. The lowest BCUT2D eigenvalue weighted by Crippen LogP contribution is -2.64. The molecule has 0 aliphatic carbocycles. The first-order valence-corrected chi connectivity index (χ1v) is 8.33. The van der Waals surface area contributed by atoms with Gasteiger partial charge >= 0.3 is 0 Å². The van der Waals surface area contributed by atoms with Crippen LogP contribution in [0, 0.1) is 0 Å². The standard InChI is InChI=1S/C18H28N2O/c1-3-17-12-19-16(11-15-7-5-4-6-8-15)13-20(17)18(2)9-10-21-14-18/h4-8,16-17,19H,3,9-14H2,1-2H3. The van der Waals surface area contributed by atoms with E-state index >= 15 is 0 Å². The molecule has 0 aromatic heterocycles. The predicted molar refractivity (Wildman–Crippen MR) is 86.6 cm³/mol. The molecular formula is C18H28N2O. The summed E-state index contributed by atoms with van der Waals surface area (Å²) >= 11 is 0. The number of hydrogen-bond donors (Lipinski definition) is 1. The Hall–Kier alpha value is -0.900. The molecule has 1 N–H and O–H groups in total. The summed E-state index contributed by atoms with van der Waals surface area (Å²) in [4.78, 5) is 2.73. The Labute approximate surface area is 128 Å². The van der Waals surface area contributed by atoms with Crippen molar-refractivity contribution in [2.24, 2.45) is 0 Å². The summed E-state index contributed by atoms with van der Waals surface area (Å²) < 4.78 is 5.70. The van der Waals surface area contributed by atoms with Gasteiger partial charge in [0.2, 0.25) is 0 Å². The van der Waals surface area contributed by atoms with Crippen LogP contribution in [0.25, 0.3) is 0 Å². The topological polar surface area (TPSA) is 24.5 Å². The molecule has 3 rings (SSSR count). The van der Waals surface area contributed by atoms with Gasteiger partial charge in [0.05, 0.1) is 6.61 Å². The van der Waals surface area contributed by atoms with E-state index in [0.717, 1.165) is 32.7 Å². The first-order valence-electron chi connectivity index (χ1n) is 8.33. The van der Waals surface area contributed by atoms with Crippen LogP contribution in [0.2, 0.25) is 0 Å². The van der Waals surface area contributed by atoms with E-state index < -0.39 is 0 Å². The van der Waals surface area contributed by atoms with Gasteiger partial charge in [-0.2, -0.15) is 0 Å². The van der Waals surface area contributed by atoms with Crippen molar-refractivity contribution in [3.63, 3.8) is 0 Å². The Kier molecular flexibility index (Phi) is 4.63. The molecule has 3 unspecified atom stereocenters. The highest BCUT2D eigenvalue weighted by Gasteiger charge is 2.41. The van der Waals surface area contributed by atoms with E-state index in [1.807, 2.05) is 0 Å². The van der Waals surface area contributed by atoms with Crippen molar-refractivity contribution in [3.05, 3.63) is 35.9 Å². The van der Waals surface area contributed by atoms with E-state index in [9.17, 15) is 0 Å². The molecule has 2 aliphatic rings. The Morgan fingerprint density at radius 2 is 2.14 bits per heavy atom. The third-order valence-corrected chi connectivity index (χ3v) is 5.19. The van der Waals surface area contributed by atoms with E-state index in [0.29, 0.717) is 12.1 Å². The maximum atomic E-state index is 5.70. The van der Waals surface area contributed by atoms with Crippen molar-refractivity contribution >= 4 is 0 Å². The summed E-state index contributed by atoms with van der Waals surface area (Å²) in [6, 6.07) is 12.0. The first kappa shape index (κ1) is 15.0. The summed E-state index contributed by atoms with van der Waals surface area (Å²) in [5.74, 6) is 0. The van der Waals surface area contributed by atoms with Crippen LogP contribution >= 0.6 is 0 Å². The van der Waals surface area contributed by atoms with Gasteiger partial charge in [0.25, 0.3) is 0 Å². The number of nitrogens with zero attached hydrogens (tertiary/aromatic N) is 1. The van der Waals surface area contributed by atoms with Crippen LogP contribution in [0.5, 0.6) is 0 Å². The normalized spacial score (nSPS) is 34.2. The quantitative estimate of drug-likeness (QED) is 0.921. The number of hydrogen-bond acceptors (Lipinski definition) is 3. The average Bonchev–Trinajstić information content (AvgIpc) is 2.96. The molecule has 2 heterocycles. The van der Waals surface area contributed by atoms with Crippen molar-refractivity contribution in [2.45, 2.75) is 50.7 Å². The lowest BCUT2D eigenvalue weighted by molar-refractivity contribution is 0.0108. The highest BCUT2D eigenvalue weighted by molar-refractivity contribution is 5.16. The minimum Gasteiger partial charge on any atom is -0.379 e. The summed E-state index contributed by atoms with van der Waals surface area (Å²) in [5.41, 5.74) is 1.66. The van der Waals surface area contributed by atoms with Crippen LogP contribution in [-0.4, -0.2) is 48.8 Å². The van der Waals surface area contributed by atoms with Crippen molar-refractivity contribution in [2.75, 3.05) is 26.3 Å². The zero-order chi connectivity index (χ0) is 14.7. The van der Waals surface area contributed by atoms with Crippen molar-refractivity contribution in [1.82, 2.24) is 10.2 Å². The second-order valence-corrected chi connectivity index (χ2v) is 6.81. The molecule has 3 nitrogen and oxygen atoms in total. The Morgan fingerprint density at radius 1 is 1.33 bits per heavy atom. The second kappa shape index (κ2) is 6.47. The van der Waals surface area contributed by atoms with Gasteiger partial charge in [-0.05, 0) is 31.7 Å². The minimum atomic E-state index is 0.234. The third-order valence-electron chi connectivity index (χ3n) is 5.19. The molecule has 116 valence electrons. The fourth-order valence-electron chi connectivity index (χ4n) is 3.81. The monoisotopic (exact) mass is 288 g/mol. The number of ether oxygens (including phenoxy) is 1. The molecular weight excluding hydrogens is 260 g/mol. The fraction of sp³-hybridized carbons (Fsp3) is 0.667. The lowest BCUT2D eigenvalue weighted by atomic mass is 9.91. The zero-order valence-corrected chi connectivity index (χ0v) is 13.3. The molecule has 3 heteroatoms. The molecule has 2 fully saturated rings. The van der Waals surface area contributed by atoms with E-state index in [-0.39, 0.29) is 5.54 Å². The van der Waals surface area contributed by atoms with Crippen LogP contribution in [0.15, 0.2) is 30.3 Å². The Bertz CT molecular complexity index is 442. The smallest absolute Gasteiger partial charge is 0.0648 e. The Balaban J connectivity index is 1.69. The number of piperazine rings is 1. The molecule has 21 heavy (non-hydrogen) atoms. The molecule has 0 bridgehead atoms. The van der Waals surface area contributed by atoms with E-state index in [1.165, 1.54) is 18.4 Å². The van der Waals surface area contributed by atoms with Gasteiger partial charge in [0, 0.05) is 37.3 Å². The van der Waals surface area contributed by atoms with Gasteiger partial charge in [0.15, 0.2) is 0 Å².